The maximum absolute atomic E-state index is 12.6. The van der Waals surface area contributed by atoms with Crippen molar-refractivity contribution in [1.82, 2.24) is 5.32 Å². The van der Waals surface area contributed by atoms with Gasteiger partial charge in [-0.25, -0.2) is 0 Å². The molecule has 0 heterocycles. The van der Waals surface area contributed by atoms with Crippen LogP contribution in [0.4, 0.5) is 0 Å². The van der Waals surface area contributed by atoms with Crippen molar-refractivity contribution in [3.8, 4) is 0 Å². The molecule has 0 saturated heterocycles. The molecule has 0 aliphatic rings. The van der Waals surface area contributed by atoms with Gasteiger partial charge in [-0.15, -0.1) is 11.8 Å². The Kier molecular flexibility index (Phi) is 5.67. The molecule has 2 aromatic carbocycles. The number of hydrogen-bond donors (Lipinski definition) is 1. The molecule has 0 saturated carbocycles. The van der Waals surface area contributed by atoms with Gasteiger partial charge in [-0.05, 0) is 31.5 Å². The predicted molar refractivity (Wildman–Crippen MR) is 94.5 cm³/mol. The highest BCUT2D eigenvalue weighted by Gasteiger charge is 2.15. The van der Waals surface area contributed by atoms with E-state index in [2.05, 4.69) is 50.4 Å². The molecule has 1 atom stereocenters. The van der Waals surface area contributed by atoms with Crippen molar-refractivity contribution in [2.45, 2.75) is 43.9 Å². The third-order valence-corrected chi connectivity index (χ3v) is 4.50. The lowest BCUT2D eigenvalue weighted by Crippen LogP contribution is -2.27. The van der Waals surface area contributed by atoms with E-state index >= 15 is 0 Å². The smallest absolute Gasteiger partial charge is 0.252 e. The van der Waals surface area contributed by atoms with Crippen molar-refractivity contribution in [3.05, 3.63) is 65.2 Å². The molecular formula is C19H23NOS. The number of aryl methyl sites for hydroxylation is 1. The number of rotatable bonds is 5. The fraction of sp³-hybridized carbons (Fsp3) is 0.316. The minimum Gasteiger partial charge on any atom is -0.345 e. The normalized spacial score (nSPS) is 12.2. The third-order valence-electron chi connectivity index (χ3n) is 3.42. The second-order valence-corrected chi connectivity index (χ2v) is 7.39. The highest BCUT2D eigenvalue weighted by molar-refractivity contribution is 8.00. The number of nitrogens with one attached hydrogen (secondary N) is 1. The molecule has 22 heavy (non-hydrogen) atoms. The quantitative estimate of drug-likeness (QED) is 0.788. The van der Waals surface area contributed by atoms with Gasteiger partial charge in [-0.2, -0.15) is 0 Å². The van der Waals surface area contributed by atoms with Gasteiger partial charge >= 0.3 is 0 Å². The van der Waals surface area contributed by atoms with Crippen molar-refractivity contribution in [2.75, 3.05) is 0 Å². The van der Waals surface area contributed by atoms with Gasteiger partial charge in [0, 0.05) is 10.1 Å². The largest absolute Gasteiger partial charge is 0.345 e. The van der Waals surface area contributed by atoms with Crippen molar-refractivity contribution < 1.29 is 4.79 Å². The van der Waals surface area contributed by atoms with Crippen LogP contribution < -0.4 is 5.32 Å². The molecule has 1 unspecified atom stereocenters. The van der Waals surface area contributed by atoms with Crippen LogP contribution in [0.25, 0.3) is 0 Å². The first-order chi connectivity index (χ1) is 10.5. The summed E-state index contributed by atoms with van der Waals surface area (Å²) in [6.07, 6.45) is 0. The summed E-state index contributed by atoms with van der Waals surface area (Å²) >= 11 is 1.72. The average Bonchev–Trinajstić information content (AvgIpc) is 2.47. The van der Waals surface area contributed by atoms with E-state index in [1.807, 2.05) is 31.2 Å². The van der Waals surface area contributed by atoms with Crippen molar-refractivity contribution in [2.24, 2.45) is 0 Å². The van der Waals surface area contributed by atoms with Crippen LogP contribution >= 0.6 is 11.8 Å². The molecule has 1 N–H and O–H groups in total. The highest BCUT2D eigenvalue weighted by atomic mass is 32.2. The zero-order chi connectivity index (χ0) is 16.1. The van der Waals surface area contributed by atoms with Crippen LogP contribution in [0.3, 0.4) is 0 Å². The average molecular weight is 313 g/mol. The Bertz CT molecular complexity index is 634. The fourth-order valence-corrected chi connectivity index (χ4v) is 3.18. The molecule has 3 heteroatoms. The van der Waals surface area contributed by atoms with Gasteiger partial charge in [0.1, 0.15) is 0 Å². The van der Waals surface area contributed by atoms with Crippen LogP contribution in [0, 0.1) is 6.92 Å². The summed E-state index contributed by atoms with van der Waals surface area (Å²) in [7, 11) is 0. The minimum absolute atomic E-state index is 0.00907. The Morgan fingerprint density at radius 3 is 2.27 bits per heavy atom. The molecule has 0 aliphatic heterocycles. The molecule has 0 radical (unpaired) electrons. The molecule has 0 spiro atoms. The first-order valence-electron chi connectivity index (χ1n) is 7.60. The summed E-state index contributed by atoms with van der Waals surface area (Å²) in [4.78, 5) is 13.6. The third kappa shape index (κ3) is 4.38. The Balaban J connectivity index is 2.13. The second kappa shape index (κ2) is 7.50. The van der Waals surface area contributed by atoms with Gasteiger partial charge in [-0.1, -0.05) is 55.8 Å². The summed E-state index contributed by atoms with van der Waals surface area (Å²) in [6, 6.07) is 16.1. The molecule has 2 aromatic rings. The van der Waals surface area contributed by atoms with Gasteiger partial charge < -0.3 is 5.32 Å². The number of hydrogen-bond acceptors (Lipinski definition) is 2. The van der Waals surface area contributed by atoms with Crippen LogP contribution in [-0.4, -0.2) is 11.2 Å². The van der Waals surface area contributed by atoms with Crippen LogP contribution in [0.5, 0.6) is 0 Å². The standard InChI is InChI=1S/C19H23NOS/c1-13(2)22-18-8-6-5-7-17(18)19(21)20-15(4)16-11-9-14(3)10-12-16/h5-13,15H,1-4H3,(H,20,21). The maximum atomic E-state index is 12.6. The Hall–Kier alpha value is -1.74. The van der Waals surface area contributed by atoms with Crippen molar-refractivity contribution in [3.63, 3.8) is 0 Å². The molecule has 0 aliphatic carbocycles. The summed E-state index contributed by atoms with van der Waals surface area (Å²) in [6.45, 7) is 8.34. The topological polar surface area (TPSA) is 29.1 Å². The summed E-state index contributed by atoms with van der Waals surface area (Å²) in [5.41, 5.74) is 3.09. The summed E-state index contributed by atoms with van der Waals surface area (Å²) in [5, 5.41) is 3.54. The number of carbonyl (C=O) groups excluding carboxylic acids is 1. The lowest BCUT2D eigenvalue weighted by atomic mass is 10.1. The van der Waals surface area contributed by atoms with Gasteiger partial charge in [0.25, 0.3) is 5.91 Å². The number of thioether (sulfide) groups is 1. The summed E-state index contributed by atoms with van der Waals surface area (Å²) in [5.74, 6) is -0.0168. The van der Waals surface area contributed by atoms with E-state index < -0.39 is 0 Å². The Morgan fingerprint density at radius 2 is 1.64 bits per heavy atom. The predicted octanol–water partition coefficient (Wildman–Crippen LogP) is 4.99. The SMILES string of the molecule is Cc1ccc(C(C)NC(=O)c2ccccc2SC(C)C)cc1. The summed E-state index contributed by atoms with van der Waals surface area (Å²) < 4.78 is 0. The molecular weight excluding hydrogens is 290 g/mol. The van der Waals surface area contributed by atoms with Crippen LogP contribution in [0.2, 0.25) is 0 Å². The maximum Gasteiger partial charge on any atom is 0.252 e. The second-order valence-electron chi connectivity index (χ2n) is 5.77. The lowest BCUT2D eigenvalue weighted by Gasteiger charge is -2.16. The monoisotopic (exact) mass is 313 g/mol. The van der Waals surface area contributed by atoms with Crippen LogP contribution in [-0.2, 0) is 0 Å². The van der Waals surface area contributed by atoms with Crippen molar-refractivity contribution in [1.29, 1.82) is 0 Å². The molecule has 0 fully saturated rings. The van der Waals surface area contributed by atoms with E-state index in [4.69, 9.17) is 0 Å². The molecule has 2 rings (SSSR count). The molecule has 0 aromatic heterocycles. The zero-order valence-corrected chi connectivity index (χ0v) is 14.4. The van der Waals surface area contributed by atoms with Crippen LogP contribution in [0.15, 0.2) is 53.4 Å². The lowest BCUT2D eigenvalue weighted by molar-refractivity contribution is 0.0937. The van der Waals surface area contributed by atoms with E-state index in [-0.39, 0.29) is 11.9 Å². The van der Waals surface area contributed by atoms with Gasteiger partial charge in [0.2, 0.25) is 0 Å². The highest BCUT2D eigenvalue weighted by Crippen LogP contribution is 2.27. The van der Waals surface area contributed by atoms with Gasteiger partial charge in [0.15, 0.2) is 0 Å². The molecule has 116 valence electrons. The van der Waals surface area contributed by atoms with E-state index in [1.165, 1.54) is 5.56 Å². The first-order valence-corrected chi connectivity index (χ1v) is 8.48. The van der Waals surface area contributed by atoms with E-state index in [1.54, 1.807) is 11.8 Å². The zero-order valence-electron chi connectivity index (χ0n) is 13.6. The van der Waals surface area contributed by atoms with Gasteiger partial charge in [-0.3, -0.25) is 4.79 Å². The van der Waals surface area contributed by atoms with E-state index in [9.17, 15) is 4.79 Å². The van der Waals surface area contributed by atoms with Crippen molar-refractivity contribution >= 4 is 17.7 Å². The van der Waals surface area contributed by atoms with Crippen LogP contribution in [0.1, 0.15) is 48.3 Å². The Morgan fingerprint density at radius 1 is 1.00 bits per heavy atom. The number of benzene rings is 2. The Labute approximate surface area is 137 Å². The van der Waals surface area contributed by atoms with E-state index in [0.717, 1.165) is 16.0 Å². The molecule has 1 amide bonds. The molecule has 2 nitrogen and oxygen atoms in total. The van der Waals surface area contributed by atoms with E-state index in [0.29, 0.717) is 5.25 Å². The fourth-order valence-electron chi connectivity index (χ4n) is 2.22. The number of amides is 1. The first kappa shape index (κ1) is 16.6. The van der Waals surface area contributed by atoms with Gasteiger partial charge in [0.05, 0.1) is 11.6 Å². The molecule has 0 bridgehead atoms. The number of carbonyl (C=O) groups is 1. The minimum atomic E-state index is -0.0168.